The Morgan fingerprint density at radius 1 is 1.05 bits per heavy atom. The van der Waals surface area contributed by atoms with E-state index in [0.29, 0.717) is 6.04 Å². The zero-order valence-electron chi connectivity index (χ0n) is 12.0. The van der Waals surface area contributed by atoms with Crippen molar-refractivity contribution < 1.29 is 0 Å². The number of hydrogen-bond acceptors (Lipinski definition) is 2. The predicted octanol–water partition coefficient (Wildman–Crippen LogP) is 3.84. The van der Waals surface area contributed by atoms with Crippen molar-refractivity contribution >= 4 is 15.9 Å². The highest BCUT2D eigenvalue weighted by atomic mass is 79.9. The molecule has 0 saturated heterocycles. The van der Waals surface area contributed by atoms with Crippen LogP contribution in [-0.2, 0) is 6.54 Å². The third kappa shape index (κ3) is 4.17. The van der Waals surface area contributed by atoms with Crippen LogP contribution in [0.5, 0.6) is 0 Å². The van der Waals surface area contributed by atoms with Gasteiger partial charge in [-0.05, 0) is 37.4 Å². The van der Waals surface area contributed by atoms with Gasteiger partial charge in [-0.3, -0.25) is 4.90 Å². The second-order valence-electron chi connectivity index (χ2n) is 5.03. The maximum atomic E-state index is 3.48. The van der Waals surface area contributed by atoms with E-state index >= 15 is 0 Å². The molecule has 0 radical (unpaired) electrons. The lowest BCUT2D eigenvalue weighted by Crippen LogP contribution is -2.31. The van der Waals surface area contributed by atoms with Crippen LogP contribution in [0.2, 0.25) is 0 Å². The van der Waals surface area contributed by atoms with Gasteiger partial charge in [0, 0.05) is 23.6 Å². The van der Waals surface area contributed by atoms with E-state index in [0.717, 1.165) is 17.6 Å². The van der Waals surface area contributed by atoms with Gasteiger partial charge in [0.2, 0.25) is 0 Å². The van der Waals surface area contributed by atoms with E-state index in [1.54, 1.807) is 0 Å². The Labute approximate surface area is 129 Å². The standard InChI is InChI=1S/C17H21BrN2/c1-19-12-17(15-6-4-3-5-7-15)20(2)13-14-8-10-16(18)11-9-14/h3-11,17,19H,12-13H2,1-2H3. The molecular formula is C17H21BrN2. The van der Waals surface area contributed by atoms with Crippen LogP contribution in [0.3, 0.4) is 0 Å². The topological polar surface area (TPSA) is 15.3 Å². The van der Waals surface area contributed by atoms with E-state index in [-0.39, 0.29) is 0 Å². The molecule has 0 heterocycles. The van der Waals surface area contributed by atoms with Gasteiger partial charge < -0.3 is 5.32 Å². The van der Waals surface area contributed by atoms with Crippen LogP contribution in [0.1, 0.15) is 17.2 Å². The maximum Gasteiger partial charge on any atom is 0.0473 e. The molecule has 0 aliphatic rings. The lowest BCUT2D eigenvalue weighted by molar-refractivity contribution is 0.233. The summed E-state index contributed by atoms with van der Waals surface area (Å²) in [4.78, 5) is 2.38. The Hall–Kier alpha value is -1.16. The molecule has 0 spiro atoms. The zero-order chi connectivity index (χ0) is 14.4. The summed E-state index contributed by atoms with van der Waals surface area (Å²) in [5.41, 5.74) is 2.68. The highest BCUT2D eigenvalue weighted by molar-refractivity contribution is 9.10. The second kappa shape index (κ2) is 7.58. The van der Waals surface area contributed by atoms with Crippen molar-refractivity contribution in [3.8, 4) is 0 Å². The number of nitrogens with one attached hydrogen (secondary N) is 1. The van der Waals surface area contributed by atoms with Gasteiger partial charge in [-0.15, -0.1) is 0 Å². The zero-order valence-corrected chi connectivity index (χ0v) is 13.6. The lowest BCUT2D eigenvalue weighted by atomic mass is 10.0. The van der Waals surface area contributed by atoms with E-state index in [2.05, 4.69) is 87.8 Å². The minimum absolute atomic E-state index is 0.379. The lowest BCUT2D eigenvalue weighted by Gasteiger charge is -2.28. The fraction of sp³-hybridized carbons (Fsp3) is 0.294. The van der Waals surface area contributed by atoms with Crippen molar-refractivity contribution in [2.75, 3.05) is 20.6 Å². The van der Waals surface area contributed by atoms with Crippen LogP contribution in [0.25, 0.3) is 0 Å². The van der Waals surface area contributed by atoms with Gasteiger partial charge in [0.1, 0.15) is 0 Å². The fourth-order valence-corrected chi connectivity index (χ4v) is 2.65. The smallest absolute Gasteiger partial charge is 0.0473 e. The van der Waals surface area contributed by atoms with E-state index in [1.165, 1.54) is 11.1 Å². The van der Waals surface area contributed by atoms with Gasteiger partial charge in [0.05, 0.1) is 0 Å². The van der Waals surface area contributed by atoms with E-state index in [9.17, 15) is 0 Å². The Balaban J connectivity index is 2.11. The van der Waals surface area contributed by atoms with Crippen molar-refractivity contribution in [1.82, 2.24) is 10.2 Å². The Bertz CT molecular complexity index is 510. The number of likely N-dealkylation sites (N-methyl/N-ethyl adjacent to an activating group) is 2. The Morgan fingerprint density at radius 3 is 2.30 bits per heavy atom. The molecule has 3 heteroatoms. The first-order valence-corrected chi connectivity index (χ1v) is 7.64. The fourth-order valence-electron chi connectivity index (χ4n) is 2.38. The van der Waals surface area contributed by atoms with Gasteiger partial charge in [-0.25, -0.2) is 0 Å². The molecule has 2 aromatic carbocycles. The number of hydrogen-bond donors (Lipinski definition) is 1. The summed E-state index contributed by atoms with van der Waals surface area (Å²) in [6.07, 6.45) is 0. The van der Waals surface area contributed by atoms with Gasteiger partial charge in [0.25, 0.3) is 0 Å². The number of benzene rings is 2. The monoisotopic (exact) mass is 332 g/mol. The molecule has 0 aliphatic heterocycles. The minimum Gasteiger partial charge on any atom is -0.318 e. The minimum atomic E-state index is 0.379. The number of rotatable bonds is 6. The van der Waals surface area contributed by atoms with Crippen molar-refractivity contribution in [3.05, 3.63) is 70.2 Å². The molecule has 106 valence electrons. The second-order valence-corrected chi connectivity index (χ2v) is 5.94. The molecule has 2 nitrogen and oxygen atoms in total. The summed E-state index contributed by atoms with van der Waals surface area (Å²) in [5, 5.41) is 3.29. The van der Waals surface area contributed by atoms with Crippen molar-refractivity contribution in [2.24, 2.45) is 0 Å². The molecular weight excluding hydrogens is 312 g/mol. The molecule has 20 heavy (non-hydrogen) atoms. The van der Waals surface area contributed by atoms with Crippen LogP contribution in [0.4, 0.5) is 0 Å². The summed E-state index contributed by atoms with van der Waals surface area (Å²) in [7, 11) is 4.18. The normalized spacial score (nSPS) is 12.6. The van der Waals surface area contributed by atoms with Crippen molar-refractivity contribution in [2.45, 2.75) is 12.6 Å². The SMILES string of the molecule is CNCC(c1ccccc1)N(C)Cc1ccc(Br)cc1. The average Bonchev–Trinajstić information content (AvgIpc) is 2.48. The quantitative estimate of drug-likeness (QED) is 0.864. The van der Waals surface area contributed by atoms with E-state index < -0.39 is 0 Å². The third-order valence-corrected chi connectivity index (χ3v) is 3.99. The highest BCUT2D eigenvalue weighted by Crippen LogP contribution is 2.21. The van der Waals surface area contributed by atoms with Gasteiger partial charge >= 0.3 is 0 Å². The van der Waals surface area contributed by atoms with Crippen LogP contribution in [0.15, 0.2) is 59.1 Å². The summed E-state index contributed by atoms with van der Waals surface area (Å²) in [6, 6.07) is 19.6. The summed E-state index contributed by atoms with van der Waals surface area (Å²) in [6.45, 7) is 1.88. The average molecular weight is 333 g/mol. The molecule has 0 saturated carbocycles. The molecule has 0 aromatic heterocycles. The number of halogens is 1. The molecule has 1 atom stereocenters. The van der Waals surface area contributed by atoms with Crippen LogP contribution in [-0.4, -0.2) is 25.5 Å². The molecule has 1 unspecified atom stereocenters. The largest absolute Gasteiger partial charge is 0.318 e. The highest BCUT2D eigenvalue weighted by Gasteiger charge is 2.16. The third-order valence-electron chi connectivity index (χ3n) is 3.46. The van der Waals surface area contributed by atoms with Crippen LogP contribution >= 0.6 is 15.9 Å². The van der Waals surface area contributed by atoms with Gasteiger partial charge in [-0.1, -0.05) is 58.4 Å². The van der Waals surface area contributed by atoms with Gasteiger partial charge in [0.15, 0.2) is 0 Å². The molecule has 0 fully saturated rings. The van der Waals surface area contributed by atoms with E-state index in [1.807, 2.05) is 7.05 Å². The number of nitrogens with zero attached hydrogens (tertiary/aromatic N) is 1. The molecule has 2 rings (SSSR count). The summed E-state index contributed by atoms with van der Waals surface area (Å²) in [5.74, 6) is 0. The van der Waals surface area contributed by atoms with Crippen molar-refractivity contribution in [1.29, 1.82) is 0 Å². The first-order chi connectivity index (χ1) is 9.70. The van der Waals surface area contributed by atoms with Crippen LogP contribution in [0, 0.1) is 0 Å². The van der Waals surface area contributed by atoms with E-state index in [4.69, 9.17) is 0 Å². The molecule has 1 N–H and O–H groups in total. The molecule has 0 aliphatic carbocycles. The molecule has 0 bridgehead atoms. The predicted molar refractivity (Wildman–Crippen MR) is 88.7 cm³/mol. The molecule has 2 aromatic rings. The first kappa shape index (κ1) is 15.2. The van der Waals surface area contributed by atoms with Crippen LogP contribution < -0.4 is 5.32 Å². The van der Waals surface area contributed by atoms with Crippen molar-refractivity contribution in [3.63, 3.8) is 0 Å². The first-order valence-electron chi connectivity index (χ1n) is 6.85. The van der Waals surface area contributed by atoms with Gasteiger partial charge in [-0.2, -0.15) is 0 Å². The molecule has 0 amide bonds. The summed E-state index contributed by atoms with van der Waals surface area (Å²) >= 11 is 3.48. The summed E-state index contributed by atoms with van der Waals surface area (Å²) < 4.78 is 1.12. The Kier molecular flexibility index (Phi) is 5.77. The maximum absolute atomic E-state index is 3.48. The Morgan fingerprint density at radius 2 is 1.70 bits per heavy atom.